The molecule has 1 aromatic carbocycles. The summed E-state index contributed by atoms with van der Waals surface area (Å²) in [5.41, 5.74) is 1.61. The third-order valence-electron chi connectivity index (χ3n) is 4.88. The molecule has 2 rings (SSSR count). The molecular formula is C20H34IN3O. The highest BCUT2D eigenvalue weighted by Crippen LogP contribution is 2.40. The first-order chi connectivity index (χ1) is 11.8. The predicted octanol–water partition coefficient (Wildman–Crippen LogP) is 4.35. The molecule has 0 aliphatic heterocycles. The topological polar surface area (TPSA) is 45.7 Å². The van der Waals surface area contributed by atoms with Crippen molar-refractivity contribution in [3.63, 3.8) is 0 Å². The number of ether oxygens (including phenoxy) is 1. The first-order valence-corrected chi connectivity index (χ1v) is 9.42. The fourth-order valence-corrected chi connectivity index (χ4v) is 3.44. The van der Waals surface area contributed by atoms with Gasteiger partial charge in [-0.3, -0.25) is 0 Å². The van der Waals surface area contributed by atoms with Gasteiger partial charge in [0.25, 0.3) is 0 Å². The third-order valence-corrected chi connectivity index (χ3v) is 4.88. The van der Waals surface area contributed by atoms with Crippen molar-refractivity contribution in [3.8, 4) is 0 Å². The molecule has 0 spiro atoms. The SMILES string of the molecule is CCNC(=NCc1ccccc1)NCC1(CCOCC)CCCC1.I. The minimum absolute atomic E-state index is 0. The molecule has 0 heterocycles. The van der Waals surface area contributed by atoms with Crippen LogP contribution in [-0.4, -0.2) is 32.3 Å². The van der Waals surface area contributed by atoms with Gasteiger partial charge in [0, 0.05) is 26.3 Å². The number of guanidine groups is 1. The quantitative estimate of drug-likeness (QED) is 0.250. The van der Waals surface area contributed by atoms with Crippen molar-refractivity contribution in [2.45, 2.75) is 52.5 Å². The van der Waals surface area contributed by atoms with E-state index in [1.807, 2.05) is 6.07 Å². The summed E-state index contributed by atoms with van der Waals surface area (Å²) in [6.07, 6.45) is 6.42. The molecule has 0 bridgehead atoms. The van der Waals surface area contributed by atoms with E-state index < -0.39 is 0 Å². The predicted molar refractivity (Wildman–Crippen MR) is 117 cm³/mol. The Morgan fingerprint density at radius 2 is 1.84 bits per heavy atom. The van der Waals surface area contributed by atoms with Crippen molar-refractivity contribution in [1.82, 2.24) is 10.6 Å². The standard InChI is InChI=1S/C20H33N3O.HI/c1-3-21-19(22-16-18-10-6-5-7-11-18)23-17-20(12-8-9-13-20)14-15-24-4-2;/h5-7,10-11H,3-4,8-9,12-17H2,1-2H3,(H2,21,22,23);1H. The van der Waals surface area contributed by atoms with Crippen LogP contribution in [-0.2, 0) is 11.3 Å². The zero-order valence-electron chi connectivity index (χ0n) is 15.7. The first kappa shape index (κ1) is 22.2. The van der Waals surface area contributed by atoms with Gasteiger partial charge in [0.15, 0.2) is 5.96 Å². The summed E-state index contributed by atoms with van der Waals surface area (Å²) in [5.74, 6) is 0.920. The molecule has 0 atom stereocenters. The van der Waals surface area contributed by atoms with Gasteiger partial charge < -0.3 is 15.4 Å². The van der Waals surface area contributed by atoms with Crippen molar-refractivity contribution in [2.75, 3.05) is 26.3 Å². The van der Waals surface area contributed by atoms with E-state index in [0.717, 1.165) is 38.7 Å². The summed E-state index contributed by atoms with van der Waals surface area (Å²) >= 11 is 0. The van der Waals surface area contributed by atoms with E-state index in [0.29, 0.717) is 12.0 Å². The van der Waals surface area contributed by atoms with Gasteiger partial charge in [0.1, 0.15) is 0 Å². The molecule has 1 aromatic rings. The van der Waals surface area contributed by atoms with Crippen molar-refractivity contribution in [2.24, 2.45) is 10.4 Å². The van der Waals surface area contributed by atoms with Crippen LogP contribution in [0.2, 0.25) is 0 Å². The lowest BCUT2D eigenvalue weighted by Crippen LogP contribution is -2.43. The van der Waals surface area contributed by atoms with Crippen LogP contribution < -0.4 is 10.6 Å². The number of aliphatic imine (C=N–C) groups is 1. The lowest BCUT2D eigenvalue weighted by molar-refractivity contribution is 0.105. The minimum atomic E-state index is 0. The molecule has 4 nitrogen and oxygen atoms in total. The average Bonchev–Trinajstić information content (AvgIpc) is 3.08. The zero-order valence-corrected chi connectivity index (χ0v) is 18.1. The minimum Gasteiger partial charge on any atom is -0.382 e. The number of hydrogen-bond acceptors (Lipinski definition) is 2. The highest BCUT2D eigenvalue weighted by atomic mass is 127. The van der Waals surface area contributed by atoms with Gasteiger partial charge in [-0.2, -0.15) is 0 Å². The van der Waals surface area contributed by atoms with Crippen LogP contribution >= 0.6 is 24.0 Å². The van der Waals surface area contributed by atoms with Crippen LogP contribution in [0, 0.1) is 5.41 Å². The molecule has 0 saturated heterocycles. The number of nitrogens with one attached hydrogen (secondary N) is 2. The molecule has 1 aliphatic rings. The summed E-state index contributed by atoms with van der Waals surface area (Å²) in [4.78, 5) is 4.74. The van der Waals surface area contributed by atoms with Crippen molar-refractivity contribution < 1.29 is 4.74 Å². The summed E-state index contributed by atoms with van der Waals surface area (Å²) in [6.45, 7) is 8.44. The molecule has 2 N–H and O–H groups in total. The van der Waals surface area contributed by atoms with E-state index in [1.165, 1.54) is 31.2 Å². The molecule has 0 unspecified atom stereocenters. The molecule has 5 heteroatoms. The largest absolute Gasteiger partial charge is 0.382 e. The zero-order chi connectivity index (χ0) is 17.1. The second-order valence-electron chi connectivity index (χ2n) is 6.69. The second kappa shape index (κ2) is 12.5. The van der Waals surface area contributed by atoms with E-state index in [9.17, 15) is 0 Å². The van der Waals surface area contributed by atoms with E-state index in [-0.39, 0.29) is 24.0 Å². The lowest BCUT2D eigenvalue weighted by Gasteiger charge is -2.30. The Morgan fingerprint density at radius 3 is 2.48 bits per heavy atom. The maximum Gasteiger partial charge on any atom is 0.191 e. The van der Waals surface area contributed by atoms with Crippen LogP contribution in [0.15, 0.2) is 35.3 Å². The number of benzene rings is 1. The van der Waals surface area contributed by atoms with Crippen molar-refractivity contribution >= 4 is 29.9 Å². The van der Waals surface area contributed by atoms with E-state index in [2.05, 4.69) is 48.7 Å². The Kier molecular flexibility index (Phi) is 11.1. The second-order valence-corrected chi connectivity index (χ2v) is 6.69. The average molecular weight is 459 g/mol. The van der Waals surface area contributed by atoms with Crippen LogP contribution in [0.5, 0.6) is 0 Å². The summed E-state index contributed by atoms with van der Waals surface area (Å²) in [5, 5.41) is 6.95. The van der Waals surface area contributed by atoms with Crippen molar-refractivity contribution in [3.05, 3.63) is 35.9 Å². The van der Waals surface area contributed by atoms with Gasteiger partial charge in [-0.05, 0) is 44.1 Å². The Morgan fingerprint density at radius 1 is 1.12 bits per heavy atom. The molecule has 1 aliphatic carbocycles. The monoisotopic (exact) mass is 459 g/mol. The highest BCUT2D eigenvalue weighted by molar-refractivity contribution is 14.0. The summed E-state index contributed by atoms with van der Waals surface area (Å²) in [6, 6.07) is 10.4. The van der Waals surface area contributed by atoms with Gasteiger partial charge in [-0.1, -0.05) is 43.2 Å². The fraction of sp³-hybridized carbons (Fsp3) is 0.650. The molecule has 0 aromatic heterocycles. The lowest BCUT2D eigenvalue weighted by atomic mass is 9.83. The first-order valence-electron chi connectivity index (χ1n) is 9.42. The van der Waals surface area contributed by atoms with Crippen LogP contribution in [0.4, 0.5) is 0 Å². The van der Waals surface area contributed by atoms with E-state index in [4.69, 9.17) is 9.73 Å². The fourth-order valence-electron chi connectivity index (χ4n) is 3.44. The maximum absolute atomic E-state index is 5.61. The molecule has 142 valence electrons. The van der Waals surface area contributed by atoms with Crippen LogP contribution in [0.3, 0.4) is 0 Å². The Balaban J connectivity index is 0.00000312. The smallest absolute Gasteiger partial charge is 0.191 e. The normalized spacial score (nSPS) is 16.3. The van der Waals surface area contributed by atoms with E-state index in [1.54, 1.807) is 0 Å². The Bertz CT molecular complexity index is 487. The molecule has 0 radical (unpaired) electrons. The van der Waals surface area contributed by atoms with Crippen LogP contribution in [0.25, 0.3) is 0 Å². The van der Waals surface area contributed by atoms with Crippen molar-refractivity contribution in [1.29, 1.82) is 0 Å². The molecular weight excluding hydrogens is 425 g/mol. The van der Waals surface area contributed by atoms with Gasteiger partial charge in [0.2, 0.25) is 0 Å². The highest BCUT2D eigenvalue weighted by Gasteiger charge is 2.33. The van der Waals surface area contributed by atoms with Gasteiger partial charge in [0.05, 0.1) is 6.54 Å². The molecule has 25 heavy (non-hydrogen) atoms. The molecule has 0 amide bonds. The number of hydrogen-bond donors (Lipinski definition) is 2. The summed E-state index contributed by atoms with van der Waals surface area (Å²) in [7, 11) is 0. The molecule has 1 saturated carbocycles. The number of halogens is 1. The Labute approximate surface area is 170 Å². The Hall–Kier alpha value is -0.820. The summed E-state index contributed by atoms with van der Waals surface area (Å²) < 4.78 is 5.61. The van der Waals surface area contributed by atoms with Gasteiger partial charge in [-0.25, -0.2) is 4.99 Å². The van der Waals surface area contributed by atoms with Gasteiger partial charge in [-0.15, -0.1) is 24.0 Å². The van der Waals surface area contributed by atoms with E-state index >= 15 is 0 Å². The maximum atomic E-state index is 5.61. The number of nitrogens with zero attached hydrogens (tertiary/aromatic N) is 1. The number of rotatable bonds is 9. The third kappa shape index (κ3) is 7.94. The van der Waals surface area contributed by atoms with Crippen LogP contribution in [0.1, 0.15) is 51.5 Å². The van der Waals surface area contributed by atoms with Gasteiger partial charge >= 0.3 is 0 Å². The molecule has 1 fully saturated rings.